The van der Waals surface area contributed by atoms with Gasteiger partial charge in [-0.3, -0.25) is 9.69 Å². The number of carbonyl (C=O) groups is 1. The van der Waals surface area contributed by atoms with Gasteiger partial charge >= 0.3 is 0 Å². The number of halogens is 1. The van der Waals surface area contributed by atoms with Crippen LogP contribution in [0.2, 0.25) is 0 Å². The van der Waals surface area contributed by atoms with Gasteiger partial charge in [0, 0.05) is 24.4 Å². The Hall–Kier alpha value is -1.49. The minimum atomic E-state index is -0.630. The fraction of sp³-hybridized carbons (Fsp3) is 0.806. The predicted octanol–water partition coefficient (Wildman–Crippen LogP) is 7.35. The number of alkyl halides is 1. The normalized spacial score (nSPS) is 25.7. The SMILES string of the molecule is CCCCC[C@H]1CC[C@H](C)CN1CC(=O)CCC(C)(C)c1nc(N)c(CC2CCC(F)CC2)cc1C. The lowest BCUT2D eigenvalue weighted by Crippen LogP contribution is -2.45. The lowest BCUT2D eigenvalue weighted by Gasteiger charge is -2.38. The molecule has 1 aromatic rings. The Morgan fingerprint density at radius 3 is 2.58 bits per heavy atom. The molecule has 2 aliphatic rings. The summed E-state index contributed by atoms with van der Waals surface area (Å²) in [7, 11) is 0. The molecule has 0 amide bonds. The summed E-state index contributed by atoms with van der Waals surface area (Å²) in [6, 6.07) is 2.76. The van der Waals surface area contributed by atoms with Crippen molar-refractivity contribution >= 4 is 11.6 Å². The number of hydrogen-bond donors (Lipinski definition) is 1. The molecule has 2 N–H and O–H groups in total. The first-order valence-corrected chi connectivity index (χ1v) is 14.7. The summed E-state index contributed by atoms with van der Waals surface area (Å²) >= 11 is 0. The first kappa shape index (κ1) is 29.1. The third-order valence-electron chi connectivity index (χ3n) is 8.86. The van der Waals surface area contributed by atoms with E-state index >= 15 is 0 Å². The second-order valence-electron chi connectivity index (χ2n) is 12.7. The van der Waals surface area contributed by atoms with Crippen molar-refractivity contribution in [2.45, 2.75) is 136 Å². The van der Waals surface area contributed by atoms with Crippen molar-refractivity contribution in [1.29, 1.82) is 0 Å². The number of likely N-dealkylation sites (tertiary alicyclic amines) is 1. The van der Waals surface area contributed by atoms with Crippen molar-refractivity contribution in [3.63, 3.8) is 0 Å². The predicted molar refractivity (Wildman–Crippen MR) is 149 cm³/mol. The summed E-state index contributed by atoms with van der Waals surface area (Å²) in [5.74, 6) is 2.13. The average molecular weight is 502 g/mol. The maximum atomic E-state index is 13.5. The molecule has 1 aromatic heterocycles. The van der Waals surface area contributed by atoms with Gasteiger partial charge in [-0.25, -0.2) is 9.37 Å². The summed E-state index contributed by atoms with van der Waals surface area (Å²) in [5, 5.41) is 0. The summed E-state index contributed by atoms with van der Waals surface area (Å²) in [4.78, 5) is 20.5. The van der Waals surface area contributed by atoms with Crippen molar-refractivity contribution < 1.29 is 9.18 Å². The van der Waals surface area contributed by atoms with Crippen LogP contribution in [0.1, 0.15) is 122 Å². The number of nitrogen functional groups attached to an aromatic ring is 1. The van der Waals surface area contributed by atoms with E-state index in [1.165, 1.54) is 38.5 Å². The fourth-order valence-corrected chi connectivity index (χ4v) is 6.50. The van der Waals surface area contributed by atoms with E-state index in [1.54, 1.807) is 0 Å². The molecule has 2 atom stereocenters. The Kier molecular flexibility index (Phi) is 10.8. The zero-order chi connectivity index (χ0) is 26.3. The average Bonchev–Trinajstić information content (AvgIpc) is 2.83. The number of piperidine rings is 1. The second kappa shape index (κ2) is 13.3. The molecule has 0 spiro atoms. The maximum absolute atomic E-state index is 13.5. The van der Waals surface area contributed by atoms with Gasteiger partial charge in [-0.05, 0) is 87.7 Å². The Labute approximate surface area is 220 Å². The zero-order valence-corrected chi connectivity index (χ0v) is 23.8. The highest BCUT2D eigenvalue weighted by Gasteiger charge is 2.30. The Morgan fingerprint density at radius 1 is 1.17 bits per heavy atom. The Bertz CT molecular complexity index is 846. The van der Waals surface area contributed by atoms with E-state index in [9.17, 15) is 9.18 Å². The van der Waals surface area contributed by atoms with E-state index in [0.29, 0.717) is 55.3 Å². The quantitative estimate of drug-likeness (QED) is 0.304. The largest absolute Gasteiger partial charge is 0.383 e. The van der Waals surface area contributed by atoms with Gasteiger partial charge in [0.2, 0.25) is 0 Å². The molecule has 204 valence electrons. The van der Waals surface area contributed by atoms with Crippen LogP contribution >= 0.6 is 0 Å². The van der Waals surface area contributed by atoms with E-state index < -0.39 is 6.17 Å². The molecular weight excluding hydrogens is 449 g/mol. The third kappa shape index (κ3) is 8.26. The first-order chi connectivity index (χ1) is 17.1. The van der Waals surface area contributed by atoms with Gasteiger partial charge in [-0.1, -0.05) is 53.0 Å². The van der Waals surface area contributed by atoms with Gasteiger partial charge in [0.15, 0.2) is 0 Å². The van der Waals surface area contributed by atoms with Gasteiger partial charge < -0.3 is 5.73 Å². The number of nitrogens with zero attached hydrogens (tertiary/aromatic N) is 2. The summed E-state index contributed by atoms with van der Waals surface area (Å²) in [6.45, 7) is 12.7. The van der Waals surface area contributed by atoms with E-state index in [1.807, 2.05) is 0 Å². The van der Waals surface area contributed by atoms with Gasteiger partial charge in [0.05, 0.1) is 12.2 Å². The van der Waals surface area contributed by atoms with Gasteiger partial charge in [-0.15, -0.1) is 0 Å². The van der Waals surface area contributed by atoms with Gasteiger partial charge in [0.25, 0.3) is 0 Å². The number of pyridine rings is 1. The van der Waals surface area contributed by atoms with Gasteiger partial charge in [-0.2, -0.15) is 0 Å². The minimum absolute atomic E-state index is 0.214. The number of nitrogens with two attached hydrogens (primary N) is 1. The molecule has 36 heavy (non-hydrogen) atoms. The van der Waals surface area contributed by atoms with Crippen LogP contribution in [-0.4, -0.2) is 41.0 Å². The zero-order valence-electron chi connectivity index (χ0n) is 23.8. The van der Waals surface area contributed by atoms with Crippen LogP contribution in [0.5, 0.6) is 0 Å². The van der Waals surface area contributed by atoms with Crippen LogP contribution in [0.4, 0.5) is 10.2 Å². The first-order valence-electron chi connectivity index (χ1n) is 14.7. The summed E-state index contributed by atoms with van der Waals surface area (Å²) in [6.07, 6.45) is 12.4. The highest BCUT2D eigenvalue weighted by Crippen LogP contribution is 2.34. The number of rotatable bonds is 12. The molecule has 0 unspecified atom stereocenters. The van der Waals surface area contributed by atoms with Crippen molar-refractivity contribution in [2.24, 2.45) is 11.8 Å². The molecule has 1 saturated carbocycles. The Balaban J connectivity index is 1.57. The fourth-order valence-electron chi connectivity index (χ4n) is 6.50. The lowest BCUT2D eigenvalue weighted by atomic mass is 9.80. The van der Waals surface area contributed by atoms with Crippen molar-refractivity contribution in [3.8, 4) is 0 Å². The summed E-state index contributed by atoms with van der Waals surface area (Å²) < 4.78 is 13.5. The molecule has 4 nitrogen and oxygen atoms in total. The van der Waals surface area contributed by atoms with Crippen molar-refractivity contribution in [3.05, 3.63) is 22.9 Å². The monoisotopic (exact) mass is 501 g/mol. The number of aryl methyl sites for hydroxylation is 1. The lowest BCUT2D eigenvalue weighted by molar-refractivity contribution is -0.121. The smallest absolute Gasteiger partial charge is 0.146 e. The third-order valence-corrected chi connectivity index (χ3v) is 8.86. The van der Waals surface area contributed by atoms with Crippen LogP contribution < -0.4 is 5.73 Å². The molecule has 0 bridgehead atoms. The molecule has 1 aliphatic heterocycles. The van der Waals surface area contributed by atoms with Crippen molar-refractivity contribution in [1.82, 2.24) is 9.88 Å². The number of Topliss-reactive ketones (excluding diaryl/α,β-unsaturated/α-hetero) is 1. The van der Waals surface area contributed by atoms with Crippen LogP contribution in [0.15, 0.2) is 6.07 Å². The van der Waals surface area contributed by atoms with E-state index in [0.717, 1.165) is 49.0 Å². The van der Waals surface area contributed by atoms with Crippen LogP contribution in [0.25, 0.3) is 0 Å². The van der Waals surface area contributed by atoms with Crippen molar-refractivity contribution in [2.75, 3.05) is 18.8 Å². The highest BCUT2D eigenvalue weighted by atomic mass is 19.1. The Morgan fingerprint density at radius 2 is 1.89 bits per heavy atom. The van der Waals surface area contributed by atoms with E-state index in [2.05, 4.69) is 45.6 Å². The molecule has 0 radical (unpaired) electrons. The molecule has 1 aliphatic carbocycles. The number of anilines is 1. The second-order valence-corrected chi connectivity index (χ2v) is 12.7. The number of unbranched alkanes of at least 4 members (excludes halogenated alkanes) is 2. The van der Waals surface area contributed by atoms with Crippen LogP contribution in [-0.2, 0) is 16.6 Å². The molecular formula is C31H52FN3O. The molecule has 2 heterocycles. The van der Waals surface area contributed by atoms with E-state index in [4.69, 9.17) is 10.7 Å². The van der Waals surface area contributed by atoms with Gasteiger partial charge in [0.1, 0.15) is 17.8 Å². The topological polar surface area (TPSA) is 59.2 Å². The highest BCUT2D eigenvalue weighted by molar-refractivity contribution is 5.80. The van der Waals surface area contributed by atoms with Crippen LogP contribution in [0.3, 0.4) is 0 Å². The molecule has 2 fully saturated rings. The standard InChI is InChI=1S/C31H52FN3O/c1-6-7-8-9-27-15-10-22(2)20-35(27)21-28(36)16-17-31(4,5)29-23(3)18-25(30(33)34-29)19-24-11-13-26(32)14-12-24/h18,22,24,26-27H,6-17,19-21H2,1-5H3,(H2,33,34)/t22-,24?,26?,27-/m0/s1. The molecule has 1 saturated heterocycles. The number of hydrogen-bond acceptors (Lipinski definition) is 4. The number of ketones is 1. The van der Waals surface area contributed by atoms with Crippen LogP contribution in [0, 0.1) is 18.8 Å². The van der Waals surface area contributed by atoms with E-state index in [-0.39, 0.29) is 5.41 Å². The number of aromatic nitrogens is 1. The molecule has 5 heteroatoms. The summed E-state index contributed by atoms with van der Waals surface area (Å²) in [5.41, 5.74) is 9.47. The maximum Gasteiger partial charge on any atom is 0.146 e. The number of carbonyl (C=O) groups excluding carboxylic acids is 1. The molecule has 0 aromatic carbocycles. The molecule has 3 rings (SSSR count). The minimum Gasteiger partial charge on any atom is -0.383 e.